The fraction of sp³-hybridized carbons (Fsp3) is 0.882. The zero-order valence-electron chi connectivity index (χ0n) is 13.2. The topological polar surface area (TPSA) is 40.5 Å². The number of hydrogen-bond donors (Lipinski definition) is 2. The molecule has 4 aliphatic carbocycles. The molecule has 2 N–H and O–H groups in total. The summed E-state index contributed by atoms with van der Waals surface area (Å²) in [4.78, 5) is 0. The van der Waals surface area contributed by atoms with Crippen LogP contribution in [0.3, 0.4) is 0 Å². The van der Waals surface area contributed by atoms with Crippen LogP contribution in [-0.4, -0.2) is 34.0 Å². The highest BCUT2D eigenvalue weighted by Crippen LogP contribution is 2.68. The fourth-order valence-corrected chi connectivity index (χ4v) is 6.18. The van der Waals surface area contributed by atoms with Crippen LogP contribution >= 0.6 is 0 Å². The predicted molar refractivity (Wildman–Crippen MR) is 75.1 cm³/mol. The molecule has 2 nitrogen and oxygen atoms in total. The molecule has 3 saturated carbocycles. The van der Waals surface area contributed by atoms with E-state index >= 15 is 0 Å². The Labute approximate surface area is 136 Å². The third-order valence-electron chi connectivity index (χ3n) is 7.30. The lowest BCUT2D eigenvalue weighted by Gasteiger charge is -2.43. The quantitative estimate of drug-likeness (QED) is 0.464. The average molecular weight is 352 g/mol. The van der Waals surface area contributed by atoms with Crippen molar-refractivity contribution in [3.8, 4) is 0 Å². The van der Waals surface area contributed by atoms with Crippen LogP contribution in [0.1, 0.15) is 26.2 Å². The summed E-state index contributed by atoms with van der Waals surface area (Å²) in [5, 5.41) is 19.6. The van der Waals surface area contributed by atoms with Gasteiger partial charge in [-0.3, -0.25) is 0 Å². The molecule has 0 heterocycles. The molecule has 9 unspecified atom stereocenters. The molecule has 0 radical (unpaired) electrons. The number of aliphatic hydroxyl groups is 2. The normalized spacial score (nSPS) is 47.1. The lowest BCUT2D eigenvalue weighted by Crippen LogP contribution is -2.63. The van der Waals surface area contributed by atoms with Gasteiger partial charge in [-0.1, -0.05) is 12.2 Å². The van der Waals surface area contributed by atoms with Crippen molar-refractivity contribution >= 4 is 0 Å². The highest BCUT2D eigenvalue weighted by Gasteiger charge is 2.72. The Balaban J connectivity index is 1.58. The van der Waals surface area contributed by atoms with Gasteiger partial charge in [-0.25, -0.2) is 8.78 Å². The maximum Gasteiger partial charge on any atom is 0.423 e. The number of hydrogen-bond acceptors (Lipinski definition) is 2. The summed E-state index contributed by atoms with van der Waals surface area (Å²) in [6, 6.07) is 0. The van der Waals surface area contributed by atoms with Crippen molar-refractivity contribution in [3.63, 3.8) is 0 Å². The second kappa shape index (κ2) is 4.72. The van der Waals surface area contributed by atoms with E-state index in [0.717, 1.165) is 6.42 Å². The molecule has 0 saturated heterocycles. The molecule has 0 spiro atoms. The molecule has 0 aromatic carbocycles. The van der Waals surface area contributed by atoms with E-state index in [2.05, 4.69) is 12.2 Å². The minimum absolute atomic E-state index is 0.0481. The number of aliphatic hydroxyl groups excluding tert-OH is 1. The molecule has 9 atom stereocenters. The van der Waals surface area contributed by atoms with E-state index in [1.165, 1.54) is 0 Å². The van der Waals surface area contributed by atoms with E-state index in [1.54, 1.807) is 0 Å². The number of fused-ring (bicyclic) bond motifs is 9. The van der Waals surface area contributed by atoms with Crippen LogP contribution in [0.25, 0.3) is 0 Å². The van der Waals surface area contributed by atoms with Gasteiger partial charge in [0.25, 0.3) is 0 Å². The van der Waals surface area contributed by atoms with Crippen LogP contribution in [0.2, 0.25) is 0 Å². The third kappa shape index (κ3) is 1.88. The zero-order valence-corrected chi connectivity index (χ0v) is 13.2. The molecule has 0 amide bonds. The summed E-state index contributed by atoms with van der Waals surface area (Å²) < 4.78 is 67.3. The zero-order chi connectivity index (χ0) is 17.7. The number of allylic oxidation sites excluding steroid dienone is 2. The Hall–Kier alpha value is -0.690. The van der Waals surface area contributed by atoms with Crippen molar-refractivity contribution in [2.75, 3.05) is 0 Å². The largest absolute Gasteiger partial charge is 0.423 e. The molecule has 136 valence electrons. The van der Waals surface area contributed by atoms with Crippen LogP contribution in [0.4, 0.5) is 22.0 Å². The minimum Gasteiger partial charge on any atom is -0.386 e. The van der Waals surface area contributed by atoms with Gasteiger partial charge in [0, 0.05) is 0 Å². The first-order valence-corrected chi connectivity index (χ1v) is 8.50. The van der Waals surface area contributed by atoms with Crippen molar-refractivity contribution in [1.82, 2.24) is 0 Å². The first-order valence-electron chi connectivity index (χ1n) is 8.50. The van der Waals surface area contributed by atoms with E-state index in [9.17, 15) is 32.2 Å². The molecule has 0 aromatic rings. The van der Waals surface area contributed by atoms with Crippen molar-refractivity contribution in [1.29, 1.82) is 0 Å². The first kappa shape index (κ1) is 16.8. The van der Waals surface area contributed by atoms with Crippen molar-refractivity contribution in [2.24, 2.45) is 41.4 Å². The van der Waals surface area contributed by atoms with Gasteiger partial charge < -0.3 is 10.2 Å². The second-order valence-corrected chi connectivity index (χ2v) is 8.30. The average Bonchev–Trinajstić information content (AvgIpc) is 3.22. The SMILES string of the molecule is CC(O)(C(F)(F)F)C(F)(F)C(O)C1CC2CC1C1C3C=CC(C3)C21. The second-order valence-electron chi connectivity index (χ2n) is 8.30. The van der Waals surface area contributed by atoms with Crippen molar-refractivity contribution < 1.29 is 32.2 Å². The fourth-order valence-electron chi connectivity index (χ4n) is 6.18. The van der Waals surface area contributed by atoms with Crippen LogP contribution in [0.15, 0.2) is 12.2 Å². The third-order valence-corrected chi connectivity index (χ3v) is 7.30. The molecule has 4 bridgehead atoms. The molecule has 24 heavy (non-hydrogen) atoms. The number of halogens is 5. The Kier molecular flexibility index (Phi) is 3.30. The van der Waals surface area contributed by atoms with Gasteiger partial charge in [-0.2, -0.15) is 13.2 Å². The molecule has 0 aromatic heterocycles. The van der Waals surface area contributed by atoms with E-state index in [4.69, 9.17) is 0 Å². The maximum absolute atomic E-state index is 14.4. The minimum atomic E-state index is -5.51. The Morgan fingerprint density at radius 3 is 2.12 bits per heavy atom. The van der Waals surface area contributed by atoms with Gasteiger partial charge in [0.2, 0.25) is 5.60 Å². The summed E-state index contributed by atoms with van der Waals surface area (Å²) in [6.45, 7) is 0.0481. The number of rotatable bonds is 3. The Morgan fingerprint density at radius 2 is 1.54 bits per heavy atom. The smallest absolute Gasteiger partial charge is 0.386 e. The van der Waals surface area contributed by atoms with Gasteiger partial charge in [-0.15, -0.1) is 0 Å². The summed E-state index contributed by atoms with van der Waals surface area (Å²) >= 11 is 0. The first-order chi connectivity index (χ1) is 11.0. The van der Waals surface area contributed by atoms with E-state index < -0.39 is 29.7 Å². The molecular formula is C17H21F5O2. The van der Waals surface area contributed by atoms with Crippen molar-refractivity contribution in [3.05, 3.63) is 12.2 Å². The summed E-state index contributed by atoms with van der Waals surface area (Å²) in [7, 11) is 0. The Morgan fingerprint density at radius 1 is 0.958 bits per heavy atom. The van der Waals surface area contributed by atoms with Crippen molar-refractivity contribution in [2.45, 2.75) is 50.0 Å². The molecule has 4 rings (SSSR count). The highest BCUT2D eigenvalue weighted by molar-refractivity contribution is 5.21. The van der Waals surface area contributed by atoms with Gasteiger partial charge in [-0.05, 0) is 67.6 Å². The monoisotopic (exact) mass is 352 g/mol. The maximum atomic E-state index is 14.4. The lowest BCUT2D eigenvalue weighted by atomic mass is 9.66. The van der Waals surface area contributed by atoms with Crippen LogP contribution in [0.5, 0.6) is 0 Å². The van der Waals surface area contributed by atoms with Gasteiger partial charge in [0.1, 0.15) is 6.10 Å². The van der Waals surface area contributed by atoms with E-state index in [-0.39, 0.29) is 24.7 Å². The Bertz CT molecular complexity index is 570. The molecule has 7 heteroatoms. The van der Waals surface area contributed by atoms with Gasteiger partial charge >= 0.3 is 12.1 Å². The molecule has 3 fully saturated rings. The summed E-state index contributed by atoms with van der Waals surface area (Å²) in [6.07, 6.45) is -1.67. The molecule has 0 aliphatic heterocycles. The van der Waals surface area contributed by atoms with Crippen LogP contribution in [0, 0.1) is 41.4 Å². The van der Waals surface area contributed by atoms with Crippen LogP contribution < -0.4 is 0 Å². The summed E-state index contributed by atoms with van der Waals surface area (Å²) in [5.41, 5.74) is -4.24. The molecular weight excluding hydrogens is 331 g/mol. The summed E-state index contributed by atoms with van der Waals surface area (Å²) in [5.74, 6) is -4.09. The lowest BCUT2D eigenvalue weighted by molar-refractivity contribution is -0.347. The highest BCUT2D eigenvalue weighted by atomic mass is 19.4. The molecule has 4 aliphatic rings. The van der Waals surface area contributed by atoms with Gasteiger partial charge in [0.05, 0.1) is 0 Å². The van der Waals surface area contributed by atoms with Gasteiger partial charge in [0.15, 0.2) is 0 Å². The standard InChI is InChI=1S/C17H21F5O2/c1-15(24,17(20,21)22)16(18,19)14(23)11-6-9-5-10(11)13-8-3-2-7(4-8)12(9)13/h2-3,7-14,23-24H,4-6H2,1H3. The number of alkyl halides is 5. The van der Waals surface area contributed by atoms with E-state index in [1.807, 2.05) is 0 Å². The van der Waals surface area contributed by atoms with Crippen LogP contribution in [-0.2, 0) is 0 Å². The predicted octanol–water partition coefficient (Wildman–Crippen LogP) is 3.39. The van der Waals surface area contributed by atoms with E-state index in [0.29, 0.717) is 30.6 Å².